The van der Waals surface area contributed by atoms with E-state index in [0.29, 0.717) is 33.9 Å². The van der Waals surface area contributed by atoms with Gasteiger partial charge in [0.05, 0.1) is 17.2 Å². The van der Waals surface area contributed by atoms with Crippen LogP contribution in [0.15, 0.2) is 4.52 Å². The lowest BCUT2D eigenvalue weighted by Crippen LogP contribution is -2.03. The molecule has 1 saturated carbocycles. The molecule has 1 aliphatic carbocycles. The normalized spacial score (nSPS) is 14.5. The number of nitrogens with two attached hydrogens (primary N) is 1. The molecule has 20 heavy (non-hydrogen) atoms. The Hall–Kier alpha value is -1.89. The Morgan fingerprint density at radius 2 is 2.30 bits per heavy atom. The van der Waals surface area contributed by atoms with E-state index in [1.165, 1.54) is 11.3 Å². The fourth-order valence-corrected chi connectivity index (χ4v) is 3.00. The highest BCUT2D eigenvalue weighted by atomic mass is 32.1. The van der Waals surface area contributed by atoms with E-state index >= 15 is 0 Å². The second-order valence-corrected chi connectivity index (χ2v) is 5.80. The Bertz CT molecular complexity index is 658. The number of ether oxygens (including phenoxy) is 1. The van der Waals surface area contributed by atoms with Gasteiger partial charge in [-0.05, 0) is 32.3 Å². The van der Waals surface area contributed by atoms with Gasteiger partial charge in [0.2, 0.25) is 0 Å². The summed E-state index contributed by atoms with van der Waals surface area (Å²) in [5.41, 5.74) is 7.38. The number of esters is 1. The summed E-state index contributed by atoms with van der Waals surface area (Å²) < 4.78 is 10.3. The van der Waals surface area contributed by atoms with Crippen molar-refractivity contribution in [1.29, 1.82) is 0 Å². The van der Waals surface area contributed by atoms with Gasteiger partial charge in [-0.1, -0.05) is 5.16 Å². The molecule has 2 aromatic heterocycles. The van der Waals surface area contributed by atoms with Crippen molar-refractivity contribution in [3.05, 3.63) is 16.3 Å². The highest BCUT2D eigenvalue weighted by molar-refractivity contribution is 7.18. The third-order valence-corrected chi connectivity index (χ3v) is 4.33. The lowest BCUT2D eigenvalue weighted by Gasteiger charge is -1.99. The highest BCUT2D eigenvalue weighted by Crippen LogP contribution is 2.41. The van der Waals surface area contributed by atoms with Gasteiger partial charge < -0.3 is 15.0 Å². The maximum atomic E-state index is 11.9. The molecular formula is C13H15N3O3S. The molecule has 0 unspecified atom stereocenters. The molecule has 0 aliphatic heterocycles. The maximum Gasteiger partial charge on any atom is 0.348 e. The second-order valence-electron chi connectivity index (χ2n) is 4.75. The van der Waals surface area contributed by atoms with E-state index in [1.54, 1.807) is 6.92 Å². The van der Waals surface area contributed by atoms with E-state index in [0.717, 1.165) is 24.2 Å². The van der Waals surface area contributed by atoms with Gasteiger partial charge in [0, 0.05) is 5.92 Å². The minimum atomic E-state index is -0.366. The average molecular weight is 293 g/mol. The third kappa shape index (κ3) is 2.18. The number of hydrogen-bond donors (Lipinski definition) is 1. The van der Waals surface area contributed by atoms with Crippen molar-refractivity contribution in [3.8, 4) is 11.5 Å². The molecule has 3 rings (SSSR count). The van der Waals surface area contributed by atoms with Crippen LogP contribution >= 0.6 is 11.3 Å². The van der Waals surface area contributed by atoms with Gasteiger partial charge in [-0.3, -0.25) is 0 Å². The van der Waals surface area contributed by atoms with E-state index in [4.69, 9.17) is 15.0 Å². The minimum absolute atomic E-state index is 0.331. The molecule has 106 valence electrons. The first-order valence-corrected chi connectivity index (χ1v) is 7.33. The quantitative estimate of drug-likeness (QED) is 0.871. The zero-order valence-corrected chi connectivity index (χ0v) is 12.1. The Morgan fingerprint density at radius 1 is 1.55 bits per heavy atom. The van der Waals surface area contributed by atoms with Crippen LogP contribution in [0.25, 0.3) is 11.5 Å². The molecule has 0 spiro atoms. The van der Waals surface area contributed by atoms with Crippen LogP contribution in [0.2, 0.25) is 0 Å². The van der Waals surface area contributed by atoms with E-state index in [9.17, 15) is 4.79 Å². The zero-order valence-electron chi connectivity index (χ0n) is 11.3. The topological polar surface area (TPSA) is 91.2 Å². The molecule has 0 amide bonds. The number of aromatic nitrogens is 2. The smallest absolute Gasteiger partial charge is 0.348 e. The predicted molar refractivity (Wildman–Crippen MR) is 74.7 cm³/mol. The first-order chi connectivity index (χ1) is 9.61. The lowest BCUT2D eigenvalue weighted by molar-refractivity contribution is 0.0531. The van der Waals surface area contributed by atoms with Crippen LogP contribution in [0.4, 0.5) is 5.00 Å². The molecule has 1 fully saturated rings. The van der Waals surface area contributed by atoms with Crippen molar-refractivity contribution in [2.45, 2.75) is 32.6 Å². The lowest BCUT2D eigenvalue weighted by atomic mass is 10.1. The first kappa shape index (κ1) is 13.1. The number of anilines is 1. The summed E-state index contributed by atoms with van der Waals surface area (Å²) in [5.74, 6) is 1.16. The van der Waals surface area contributed by atoms with E-state index in [1.807, 2.05) is 6.92 Å². The number of nitrogens with zero attached hydrogens (tertiary/aromatic N) is 2. The largest absolute Gasteiger partial charge is 0.462 e. The Kier molecular flexibility index (Phi) is 3.21. The van der Waals surface area contributed by atoms with E-state index < -0.39 is 0 Å². The molecule has 0 radical (unpaired) electrons. The van der Waals surface area contributed by atoms with Crippen LogP contribution in [0.3, 0.4) is 0 Å². The Balaban J connectivity index is 1.97. The number of carbonyl (C=O) groups is 1. The fraction of sp³-hybridized carbons (Fsp3) is 0.462. The Morgan fingerprint density at radius 3 is 2.95 bits per heavy atom. The zero-order chi connectivity index (χ0) is 14.3. The van der Waals surface area contributed by atoms with Crippen LogP contribution < -0.4 is 5.73 Å². The fourth-order valence-electron chi connectivity index (χ4n) is 2.04. The molecule has 2 N–H and O–H groups in total. The van der Waals surface area contributed by atoms with Gasteiger partial charge in [0.15, 0.2) is 5.82 Å². The average Bonchev–Trinajstić information content (AvgIpc) is 3.08. The molecule has 0 atom stereocenters. The summed E-state index contributed by atoms with van der Waals surface area (Å²) in [7, 11) is 0. The van der Waals surface area contributed by atoms with Crippen molar-refractivity contribution in [2.24, 2.45) is 0 Å². The molecule has 1 aliphatic rings. The second kappa shape index (κ2) is 4.90. The molecular weight excluding hydrogens is 278 g/mol. The summed E-state index contributed by atoms with van der Waals surface area (Å²) >= 11 is 1.19. The van der Waals surface area contributed by atoms with Crippen LogP contribution in [-0.2, 0) is 4.74 Å². The van der Waals surface area contributed by atoms with E-state index in [-0.39, 0.29) is 5.97 Å². The molecule has 0 saturated heterocycles. The molecule has 2 heterocycles. The molecule has 6 nitrogen and oxygen atoms in total. The van der Waals surface area contributed by atoms with Crippen molar-refractivity contribution in [3.63, 3.8) is 0 Å². The van der Waals surface area contributed by atoms with Gasteiger partial charge in [-0.2, -0.15) is 4.98 Å². The van der Waals surface area contributed by atoms with Gasteiger partial charge in [-0.15, -0.1) is 11.3 Å². The number of nitrogen functional groups attached to an aromatic ring is 1. The maximum absolute atomic E-state index is 11.9. The molecule has 0 bridgehead atoms. The monoisotopic (exact) mass is 293 g/mol. The predicted octanol–water partition coefficient (Wildman–Crippen LogP) is 2.74. The summed E-state index contributed by atoms with van der Waals surface area (Å²) in [4.78, 5) is 16.7. The van der Waals surface area contributed by atoms with Crippen LogP contribution in [0.5, 0.6) is 0 Å². The van der Waals surface area contributed by atoms with Gasteiger partial charge in [0.1, 0.15) is 4.88 Å². The van der Waals surface area contributed by atoms with Crippen LogP contribution in [0.1, 0.15) is 46.7 Å². The SMILES string of the molecule is CCOC(=O)c1sc(N)c(-c2nc(C3CC3)no2)c1C. The summed E-state index contributed by atoms with van der Waals surface area (Å²) in [6, 6.07) is 0. The Labute approximate surface area is 119 Å². The number of rotatable bonds is 4. The summed E-state index contributed by atoms with van der Waals surface area (Å²) in [6.07, 6.45) is 2.20. The van der Waals surface area contributed by atoms with Crippen molar-refractivity contribution >= 4 is 22.3 Å². The van der Waals surface area contributed by atoms with Gasteiger partial charge in [-0.25, -0.2) is 4.79 Å². The highest BCUT2D eigenvalue weighted by Gasteiger charge is 2.30. The number of thiophene rings is 1. The number of hydrogen-bond acceptors (Lipinski definition) is 7. The molecule has 2 aromatic rings. The molecule has 0 aromatic carbocycles. The van der Waals surface area contributed by atoms with Crippen LogP contribution in [-0.4, -0.2) is 22.7 Å². The van der Waals surface area contributed by atoms with Crippen molar-refractivity contribution < 1.29 is 14.1 Å². The minimum Gasteiger partial charge on any atom is -0.462 e. The van der Waals surface area contributed by atoms with Crippen molar-refractivity contribution in [2.75, 3.05) is 12.3 Å². The van der Waals surface area contributed by atoms with Gasteiger partial charge >= 0.3 is 5.97 Å². The first-order valence-electron chi connectivity index (χ1n) is 6.51. The third-order valence-electron chi connectivity index (χ3n) is 3.23. The summed E-state index contributed by atoms with van der Waals surface area (Å²) in [6.45, 7) is 3.91. The van der Waals surface area contributed by atoms with Gasteiger partial charge in [0.25, 0.3) is 5.89 Å². The number of carbonyl (C=O) groups excluding carboxylic acids is 1. The van der Waals surface area contributed by atoms with Crippen molar-refractivity contribution in [1.82, 2.24) is 10.1 Å². The standard InChI is InChI=1S/C13H15N3O3S/c1-3-18-13(17)9-6(2)8(10(14)20-9)12-15-11(16-19-12)7-4-5-7/h7H,3-5,14H2,1-2H3. The summed E-state index contributed by atoms with van der Waals surface area (Å²) in [5, 5.41) is 4.47. The molecule has 7 heteroatoms. The van der Waals surface area contributed by atoms with E-state index in [2.05, 4.69) is 10.1 Å². The van der Waals surface area contributed by atoms with Crippen LogP contribution in [0, 0.1) is 6.92 Å².